The second-order valence-corrected chi connectivity index (χ2v) is 5.25. The van der Waals surface area contributed by atoms with Crippen LogP contribution in [0.15, 0.2) is 47.1 Å². The Labute approximate surface area is 126 Å². The highest BCUT2D eigenvalue weighted by molar-refractivity contribution is 9.10. The number of carbonyl (C=O) groups is 1. The Kier molecular flexibility index (Phi) is 5.12. The van der Waals surface area contributed by atoms with Crippen molar-refractivity contribution < 1.29 is 4.79 Å². The molecule has 1 aromatic carbocycles. The molecule has 0 radical (unpaired) electrons. The molecule has 0 aliphatic heterocycles. The van der Waals surface area contributed by atoms with E-state index in [1.54, 1.807) is 6.20 Å². The minimum atomic E-state index is -0.237. The summed E-state index contributed by atoms with van der Waals surface area (Å²) in [7, 11) is 0. The van der Waals surface area contributed by atoms with Gasteiger partial charge in [0, 0.05) is 17.2 Å². The number of anilines is 1. The Hall–Kier alpha value is -1.88. The Morgan fingerprint density at radius 3 is 2.80 bits per heavy atom. The molecule has 0 fully saturated rings. The number of benzene rings is 1. The van der Waals surface area contributed by atoms with Crippen molar-refractivity contribution in [3.63, 3.8) is 0 Å². The van der Waals surface area contributed by atoms with Crippen LogP contribution in [0.1, 0.15) is 11.1 Å². The number of urea groups is 1. The number of hydrogen-bond donors (Lipinski definition) is 2. The highest BCUT2D eigenvalue weighted by Gasteiger charge is 2.05. The average Bonchev–Trinajstić information content (AvgIpc) is 2.43. The van der Waals surface area contributed by atoms with Gasteiger partial charge in [0.25, 0.3) is 0 Å². The number of amides is 2. The van der Waals surface area contributed by atoms with Gasteiger partial charge < -0.3 is 5.32 Å². The van der Waals surface area contributed by atoms with E-state index in [0.29, 0.717) is 12.4 Å². The lowest BCUT2D eigenvalue weighted by Gasteiger charge is -2.09. The summed E-state index contributed by atoms with van der Waals surface area (Å²) >= 11 is 3.49. The highest BCUT2D eigenvalue weighted by Crippen LogP contribution is 2.15. The number of nitrogens with one attached hydrogen (secondary N) is 2. The number of hydrogen-bond acceptors (Lipinski definition) is 2. The molecule has 0 bridgehead atoms. The number of carbonyl (C=O) groups excluding carboxylic acids is 1. The van der Waals surface area contributed by atoms with Crippen LogP contribution in [0.4, 0.5) is 10.6 Å². The van der Waals surface area contributed by atoms with Crippen molar-refractivity contribution in [1.82, 2.24) is 10.3 Å². The third-order valence-electron chi connectivity index (χ3n) is 2.88. The van der Waals surface area contributed by atoms with E-state index >= 15 is 0 Å². The lowest BCUT2D eigenvalue weighted by Crippen LogP contribution is -2.31. The van der Waals surface area contributed by atoms with Crippen LogP contribution in [0.3, 0.4) is 0 Å². The maximum atomic E-state index is 11.8. The van der Waals surface area contributed by atoms with Crippen LogP contribution >= 0.6 is 15.9 Å². The summed E-state index contributed by atoms with van der Waals surface area (Å²) in [6, 6.07) is 11.5. The van der Waals surface area contributed by atoms with Crippen molar-refractivity contribution in [2.45, 2.75) is 13.3 Å². The minimum absolute atomic E-state index is 0.237. The molecule has 4 nitrogen and oxygen atoms in total. The fourth-order valence-corrected chi connectivity index (χ4v) is 2.26. The maximum Gasteiger partial charge on any atom is 0.320 e. The van der Waals surface area contributed by atoms with Gasteiger partial charge in [-0.25, -0.2) is 9.78 Å². The number of pyridine rings is 1. The fourth-order valence-electron chi connectivity index (χ4n) is 1.78. The van der Waals surface area contributed by atoms with Gasteiger partial charge in [0.1, 0.15) is 5.82 Å². The third kappa shape index (κ3) is 4.06. The van der Waals surface area contributed by atoms with Crippen LogP contribution in [0.25, 0.3) is 0 Å². The molecule has 5 heteroatoms. The zero-order valence-corrected chi connectivity index (χ0v) is 12.8. The van der Waals surface area contributed by atoms with Crippen LogP contribution in [0, 0.1) is 6.92 Å². The summed E-state index contributed by atoms with van der Waals surface area (Å²) in [6.07, 6.45) is 2.43. The molecular weight excluding hydrogens is 318 g/mol. The molecule has 1 heterocycles. The lowest BCUT2D eigenvalue weighted by atomic mass is 10.1. The molecule has 2 N–H and O–H groups in total. The summed E-state index contributed by atoms with van der Waals surface area (Å²) in [5, 5.41) is 5.56. The number of nitrogens with zero attached hydrogens (tertiary/aromatic N) is 1. The first-order valence-electron chi connectivity index (χ1n) is 6.36. The average molecular weight is 334 g/mol. The number of halogens is 1. The van der Waals surface area contributed by atoms with Crippen molar-refractivity contribution in [2.24, 2.45) is 0 Å². The summed E-state index contributed by atoms with van der Waals surface area (Å²) in [5.41, 5.74) is 2.11. The van der Waals surface area contributed by atoms with Gasteiger partial charge >= 0.3 is 6.03 Å². The van der Waals surface area contributed by atoms with Gasteiger partial charge in [0.2, 0.25) is 0 Å². The van der Waals surface area contributed by atoms with Crippen molar-refractivity contribution >= 4 is 27.8 Å². The van der Waals surface area contributed by atoms with Crippen LogP contribution in [0.5, 0.6) is 0 Å². The fraction of sp³-hybridized carbons (Fsp3) is 0.200. The highest BCUT2D eigenvalue weighted by atomic mass is 79.9. The molecule has 0 unspecified atom stereocenters. The first-order valence-corrected chi connectivity index (χ1v) is 7.16. The van der Waals surface area contributed by atoms with Gasteiger partial charge in [0.15, 0.2) is 0 Å². The smallest absolute Gasteiger partial charge is 0.320 e. The molecule has 2 aromatic rings. The predicted octanol–water partition coefficient (Wildman–Crippen LogP) is 3.52. The van der Waals surface area contributed by atoms with E-state index in [1.807, 2.05) is 43.3 Å². The topological polar surface area (TPSA) is 54.0 Å². The molecule has 0 saturated carbocycles. The Morgan fingerprint density at radius 1 is 1.25 bits per heavy atom. The molecule has 20 heavy (non-hydrogen) atoms. The van der Waals surface area contributed by atoms with Crippen LogP contribution in [-0.2, 0) is 6.42 Å². The van der Waals surface area contributed by atoms with Crippen molar-refractivity contribution in [2.75, 3.05) is 11.9 Å². The molecular formula is C15H16BrN3O. The molecule has 0 aliphatic carbocycles. The lowest BCUT2D eigenvalue weighted by molar-refractivity contribution is 0.252. The van der Waals surface area contributed by atoms with Gasteiger partial charge in [-0.3, -0.25) is 5.32 Å². The Balaban J connectivity index is 1.82. The molecule has 0 atom stereocenters. The summed E-state index contributed by atoms with van der Waals surface area (Å²) in [5.74, 6) is 0.589. The van der Waals surface area contributed by atoms with E-state index in [-0.39, 0.29) is 6.03 Å². The number of aryl methyl sites for hydroxylation is 1. The third-order valence-corrected chi connectivity index (χ3v) is 3.65. The van der Waals surface area contributed by atoms with E-state index in [1.165, 1.54) is 5.56 Å². The molecule has 2 rings (SSSR count). The van der Waals surface area contributed by atoms with Gasteiger partial charge in [0.05, 0.1) is 0 Å². The first-order chi connectivity index (χ1) is 9.66. The largest absolute Gasteiger partial charge is 0.337 e. The summed E-state index contributed by atoms with van der Waals surface area (Å²) in [6.45, 7) is 2.48. The normalized spacial score (nSPS) is 10.1. The number of rotatable bonds is 4. The molecule has 0 spiro atoms. The SMILES string of the molecule is Cc1cccnc1NC(=O)NCCc1ccccc1Br. The second-order valence-electron chi connectivity index (χ2n) is 4.39. The van der Waals surface area contributed by atoms with Gasteiger partial charge in [-0.1, -0.05) is 40.2 Å². The molecule has 1 aromatic heterocycles. The molecule has 2 amide bonds. The minimum Gasteiger partial charge on any atom is -0.337 e. The van der Waals surface area contributed by atoms with Crippen LogP contribution < -0.4 is 10.6 Å². The van der Waals surface area contributed by atoms with E-state index in [0.717, 1.165) is 16.5 Å². The van der Waals surface area contributed by atoms with Crippen molar-refractivity contribution in [3.8, 4) is 0 Å². The van der Waals surface area contributed by atoms with Gasteiger partial charge in [-0.2, -0.15) is 0 Å². The maximum absolute atomic E-state index is 11.8. The van der Waals surface area contributed by atoms with Crippen molar-refractivity contribution in [1.29, 1.82) is 0 Å². The van der Waals surface area contributed by atoms with E-state index in [9.17, 15) is 4.79 Å². The molecule has 0 aliphatic rings. The van der Waals surface area contributed by atoms with E-state index in [2.05, 4.69) is 31.5 Å². The summed E-state index contributed by atoms with van der Waals surface area (Å²) < 4.78 is 1.06. The van der Waals surface area contributed by atoms with Crippen LogP contribution in [-0.4, -0.2) is 17.6 Å². The van der Waals surface area contributed by atoms with Gasteiger partial charge in [-0.15, -0.1) is 0 Å². The Bertz CT molecular complexity index is 601. The Morgan fingerprint density at radius 2 is 2.05 bits per heavy atom. The second kappa shape index (κ2) is 7.05. The monoisotopic (exact) mass is 333 g/mol. The predicted molar refractivity (Wildman–Crippen MR) is 83.8 cm³/mol. The standard InChI is InChI=1S/C15H16BrN3O/c1-11-5-4-9-17-14(11)19-15(20)18-10-8-12-6-2-3-7-13(12)16/h2-7,9H,8,10H2,1H3,(H2,17,18,19,20). The van der Waals surface area contributed by atoms with Crippen molar-refractivity contribution in [3.05, 3.63) is 58.2 Å². The zero-order chi connectivity index (χ0) is 14.4. The summed E-state index contributed by atoms with van der Waals surface area (Å²) in [4.78, 5) is 15.9. The van der Waals surface area contributed by atoms with Gasteiger partial charge in [-0.05, 0) is 36.6 Å². The first kappa shape index (κ1) is 14.5. The van der Waals surface area contributed by atoms with E-state index < -0.39 is 0 Å². The molecule has 104 valence electrons. The zero-order valence-electron chi connectivity index (χ0n) is 11.2. The molecule has 0 saturated heterocycles. The quantitative estimate of drug-likeness (QED) is 0.899. The van der Waals surface area contributed by atoms with Crippen LogP contribution in [0.2, 0.25) is 0 Å². The van der Waals surface area contributed by atoms with E-state index in [4.69, 9.17) is 0 Å². The number of aromatic nitrogens is 1.